The molecule has 0 N–H and O–H groups in total. The summed E-state index contributed by atoms with van der Waals surface area (Å²) in [6, 6.07) is 15.1. The Bertz CT molecular complexity index is 1560. The van der Waals surface area contributed by atoms with Crippen molar-refractivity contribution in [3.63, 3.8) is 0 Å². The van der Waals surface area contributed by atoms with Gasteiger partial charge < -0.3 is 14.4 Å². The maximum absolute atomic E-state index is 13.5. The largest absolute Gasteiger partial charge is 0.494 e. The molecule has 0 aliphatic heterocycles. The molecule has 3 fully saturated rings. The number of carbonyl (C=O) groups is 1. The third-order valence-corrected chi connectivity index (χ3v) is 14.7. The number of allylic oxidation sites excluding steroid dienone is 2. The number of esters is 1. The molecule has 0 aromatic heterocycles. The van der Waals surface area contributed by atoms with Crippen molar-refractivity contribution in [3.05, 3.63) is 65.7 Å². The molecular formula is C48H71N3O3. The van der Waals surface area contributed by atoms with E-state index in [4.69, 9.17) is 9.47 Å². The Morgan fingerprint density at radius 2 is 1.56 bits per heavy atom. The molecule has 4 aliphatic carbocycles. The molecule has 0 amide bonds. The minimum atomic E-state index is -0.225. The van der Waals surface area contributed by atoms with Crippen molar-refractivity contribution in [3.8, 4) is 5.75 Å². The van der Waals surface area contributed by atoms with Gasteiger partial charge in [0.25, 0.3) is 0 Å². The fourth-order valence-electron chi connectivity index (χ4n) is 11.6. The van der Waals surface area contributed by atoms with Gasteiger partial charge in [-0.2, -0.15) is 10.2 Å². The van der Waals surface area contributed by atoms with E-state index in [2.05, 4.69) is 69.7 Å². The van der Waals surface area contributed by atoms with Crippen LogP contribution >= 0.6 is 0 Å². The SMILES string of the molecule is CCN(CC)CCCCOc1ccc(N=Nc2ccc(C(=O)OC3CCC4=CCC5C(CCC6(C)C(C(C)CCCC(C)C)CCC56)C4(C)C3)cc2)cc1. The molecular weight excluding hydrogens is 667 g/mol. The zero-order valence-electron chi connectivity index (χ0n) is 34.8. The lowest BCUT2D eigenvalue weighted by Crippen LogP contribution is -2.51. The highest BCUT2D eigenvalue weighted by Crippen LogP contribution is 2.67. The molecule has 2 aromatic carbocycles. The first-order chi connectivity index (χ1) is 26.0. The molecule has 0 spiro atoms. The molecule has 0 saturated heterocycles. The average molecular weight is 738 g/mol. The van der Waals surface area contributed by atoms with Gasteiger partial charge >= 0.3 is 5.97 Å². The second kappa shape index (κ2) is 18.3. The highest BCUT2D eigenvalue weighted by atomic mass is 16.5. The van der Waals surface area contributed by atoms with Gasteiger partial charge in [-0.1, -0.05) is 79.4 Å². The molecule has 0 radical (unpaired) electrons. The van der Waals surface area contributed by atoms with Crippen molar-refractivity contribution in [2.24, 2.45) is 56.6 Å². The third kappa shape index (κ3) is 9.33. The Morgan fingerprint density at radius 3 is 2.24 bits per heavy atom. The predicted octanol–water partition coefficient (Wildman–Crippen LogP) is 13.2. The van der Waals surface area contributed by atoms with E-state index in [1.165, 1.54) is 51.4 Å². The molecule has 296 valence electrons. The third-order valence-electron chi connectivity index (χ3n) is 14.7. The standard InChI is InChI=1S/C48H71N3O3/c1-8-51(9-2)31-10-11-32-53-40-24-21-39(22-25-40)50-49-38-19-15-36(16-20-38)46(52)54-41-23-17-37-18-26-42-44-28-27-43(35(5)14-12-13-34(3)4)47(44,6)30-29-45(42)48(37,7)33-41/h15-16,18-22,24-25,34-35,41-45H,8-14,17,23,26-33H2,1-7H3. The van der Waals surface area contributed by atoms with Crippen LogP contribution < -0.4 is 4.74 Å². The Labute approximate surface area is 328 Å². The summed E-state index contributed by atoms with van der Waals surface area (Å²) < 4.78 is 12.2. The van der Waals surface area contributed by atoms with Gasteiger partial charge in [0.05, 0.1) is 23.5 Å². The van der Waals surface area contributed by atoms with E-state index in [0.29, 0.717) is 29.2 Å². The number of carbonyl (C=O) groups excluding carboxylic acids is 1. The highest BCUT2D eigenvalue weighted by Gasteiger charge is 2.59. The lowest BCUT2D eigenvalue weighted by atomic mass is 9.47. The van der Waals surface area contributed by atoms with Gasteiger partial charge in [0.2, 0.25) is 0 Å². The van der Waals surface area contributed by atoms with Crippen LogP contribution in [0.1, 0.15) is 142 Å². The molecule has 8 atom stereocenters. The fraction of sp³-hybridized carbons (Fsp3) is 0.688. The minimum Gasteiger partial charge on any atom is -0.494 e. The van der Waals surface area contributed by atoms with Gasteiger partial charge in [0, 0.05) is 0 Å². The number of fused-ring (bicyclic) bond motifs is 5. The number of unbranched alkanes of at least 4 members (excludes halogenated alkanes) is 1. The smallest absolute Gasteiger partial charge is 0.338 e. The van der Waals surface area contributed by atoms with Crippen LogP contribution in [0.4, 0.5) is 11.4 Å². The number of rotatable bonds is 17. The summed E-state index contributed by atoms with van der Waals surface area (Å²) in [4.78, 5) is 15.9. The molecule has 6 heteroatoms. The lowest BCUT2D eigenvalue weighted by molar-refractivity contribution is -0.0670. The number of ether oxygens (including phenoxy) is 2. The molecule has 0 bridgehead atoms. The number of azo groups is 1. The monoisotopic (exact) mass is 738 g/mol. The Hall–Kier alpha value is -2.99. The van der Waals surface area contributed by atoms with Gasteiger partial charge in [-0.3, -0.25) is 0 Å². The van der Waals surface area contributed by atoms with Crippen LogP contribution in [-0.2, 0) is 4.74 Å². The Balaban J connectivity index is 0.990. The summed E-state index contributed by atoms with van der Waals surface area (Å²) in [6.45, 7) is 20.9. The van der Waals surface area contributed by atoms with E-state index in [1.54, 1.807) is 5.57 Å². The number of nitrogens with zero attached hydrogens (tertiary/aromatic N) is 3. The van der Waals surface area contributed by atoms with Crippen molar-refractivity contribution < 1.29 is 14.3 Å². The fourth-order valence-corrected chi connectivity index (χ4v) is 11.6. The maximum atomic E-state index is 13.5. The van der Waals surface area contributed by atoms with E-state index < -0.39 is 0 Å². The molecule has 2 aromatic rings. The average Bonchev–Trinajstić information content (AvgIpc) is 3.53. The van der Waals surface area contributed by atoms with E-state index in [-0.39, 0.29) is 17.5 Å². The van der Waals surface area contributed by atoms with Crippen molar-refractivity contribution in [2.75, 3.05) is 26.2 Å². The topological polar surface area (TPSA) is 63.5 Å². The van der Waals surface area contributed by atoms with E-state index in [0.717, 1.165) is 92.8 Å². The molecule has 6 rings (SSSR count). The van der Waals surface area contributed by atoms with Crippen molar-refractivity contribution >= 4 is 17.3 Å². The number of hydrogen-bond donors (Lipinski definition) is 0. The van der Waals surface area contributed by atoms with Gasteiger partial charge in [-0.15, -0.1) is 0 Å². The van der Waals surface area contributed by atoms with E-state index >= 15 is 0 Å². The van der Waals surface area contributed by atoms with Crippen molar-refractivity contribution in [1.29, 1.82) is 0 Å². The first kappa shape index (κ1) is 40.7. The highest BCUT2D eigenvalue weighted by molar-refractivity contribution is 5.89. The van der Waals surface area contributed by atoms with Gasteiger partial charge in [-0.05, 0) is 179 Å². The minimum absolute atomic E-state index is 0.0391. The lowest BCUT2D eigenvalue weighted by Gasteiger charge is -2.58. The second-order valence-corrected chi connectivity index (χ2v) is 18.4. The van der Waals surface area contributed by atoms with Crippen LogP contribution in [0.15, 0.2) is 70.4 Å². The first-order valence-electron chi connectivity index (χ1n) is 21.9. The predicted molar refractivity (Wildman–Crippen MR) is 222 cm³/mol. The zero-order chi connectivity index (χ0) is 38.3. The zero-order valence-corrected chi connectivity index (χ0v) is 34.8. The molecule has 8 unspecified atom stereocenters. The van der Waals surface area contributed by atoms with E-state index in [9.17, 15) is 4.79 Å². The molecule has 0 heterocycles. The first-order valence-corrected chi connectivity index (χ1v) is 21.9. The Kier molecular flexibility index (Phi) is 13.8. The summed E-state index contributed by atoms with van der Waals surface area (Å²) in [5, 5.41) is 8.83. The van der Waals surface area contributed by atoms with Crippen molar-refractivity contribution in [2.45, 2.75) is 138 Å². The second-order valence-electron chi connectivity index (χ2n) is 18.4. The van der Waals surface area contributed by atoms with Crippen molar-refractivity contribution in [1.82, 2.24) is 4.90 Å². The van der Waals surface area contributed by atoms with Crippen LogP contribution in [0.25, 0.3) is 0 Å². The summed E-state index contributed by atoms with van der Waals surface area (Å²) >= 11 is 0. The quantitative estimate of drug-likeness (QED) is 0.0702. The van der Waals surface area contributed by atoms with Gasteiger partial charge in [-0.25, -0.2) is 4.79 Å². The number of hydrogen-bond acceptors (Lipinski definition) is 6. The summed E-state index contributed by atoms with van der Waals surface area (Å²) in [5.41, 5.74) is 4.31. The summed E-state index contributed by atoms with van der Waals surface area (Å²) in [7, 11) is 0. The van der Waals surface area contributed by atoms with Crippen LogP contribution in [0, 0.1) is 46.3 Å². The number of benzene rings is 2. The van der Waals surface area contributed by atoms with Crippen LogP contribution in [0.2, 0.25) is 0 Å². The van der Waals surface area contributed by atoms with Gasteiger partial charge in [0.15, 0.2) is 0 Å². The normalized spacial score (nSPS) is 29.8. The van der Waals surface area contributed by atoms with Crippen LogP contribution in [0.5, 0.6) is 5.75 Å². The molecule has 4 aliphatic rings. The van der Waals surface area contributed by atoms with Gasteiger partial charge in [0.1, 0.15) is 11.9 Å². The maximum Gasteiger partial charge on any atom is 0.338 e. The molecule has 3 saturated carbocycles. The van der Waals surface area contributed by atoms with E-state index in [1.807, 2.05) is 48.5 Å². The van der Waals surface area contributed by atoms with Crippen LogP contribution in [-0.4, -0.2) is 43.2 Å². The Morgan fingerprint density at radius 1 is 0.852 bits per heavy atom. The summed E-state index contributed by atoms with van der Waals surface area (Å²) in [5.74, 6) is 5.44. The summed E-state index contributed by atoms with van der Waals surface area (Å²) in [6.07, 6.45) is 18.6. The molecule has 6 nitrogen and oxygen atoms in total. The van der Waals surface area contributed by atoms with Crippen LogP contribution in [0.3, 0.4) is 0 Å². The molecule has 54 heavy (non-hydrogen) atoms.